The van der Waals surface area contributed by atoms with Crippen LogP contribution in [0.15, 0.2) is 120 Å². The minimum Gasteiger partial charge on any atom is -0.489 e. The zero-order chi connectivity index (χ0) is 27.2. The maximum atomic E-state index is 12.9. The smallest absolute Gasteiger partial charge is 0.279 e. The molecule has 0 saturated carbocycles. The molecule has 0 aromatic heterocycles. The zero-order valence-corrected chi connectivity index (χ0v) is 21.5. The van der Waals surface area contributed by atoms with Gasteiger partial charge in [-0.1, -0.05) is 72.3 Å². The minimum absolute atomic E-state index is 0.00405. The maximum Gasteiger partial charge on any atom is 0.279 e. The predicted molar refractivity (Wildman–Crippen MR) is 150 cm³/mol. The molecule has 8 heteroatoms. The van der Waals surface area contributed by atoms with Crippen LogP contribution in [0, 0.1) is 0 Å². The first-order valence-electron chi connectivity index (χ1n) is 12.2. The van der Waals surface area contributed by atoms with Gasteiger partial charge in [-0.2, -0.15) is 0 Å². The summed E-state index contributed by atoms with van der Waals surface area (Å²) < 4.78 is 5.78. The Labute approximate surface area is 230 Å². The number of rotatable bonds is 9. The van der Waals surface area contributed by atoms with Crippen molar-refractivity contribution in [3.05, 3.63) is 137 Å². The van der Waals surface area contributed by atoms with E-state index in [1.807, 2.05) is 60.7 Å². The summed E-state index contributed by atoms with van der Waals surface area (Å²) in [6.45, 7) is 0.582. The molecule has 4 aromatic rings. The molecular weight excluding hydrogens is 514 g/mol. The maximum absolute atomic E-state index is 12.9. The molecule has 0 fully saturated rings. The van der Waals surface area contributed by atoms with Gasteiger partial charge in [-0.3, -0.25) is 19.3 Å². The van der Waals surface area contributed by atoms with E-state index >= 15 is 0 Å². The molecule has 1 heterocycles. The molecule has 0 aliphatic carbocycles. The van der Waals surface area contributed by atoms with Gasteiger partial charge >= 0.3 is 0 Å². The van der Waals surface area contributed by atoms with Gasteiger partial charge in [0.1, 0.15) is 23.1 Å². The number of carbonyl (C=O) groups excluding carboxylic acids is 3. The Morgan fingerprint density at radius 2 is 1.31 bits per heavy atom. The summed E-state index contributed by atoms with van der Waals surface area (Å²) in [7, 11) is 0. The Bertz CT molecular complexity index is 1520. The highest BCUT2D eigenvalue weighted by Crippen LogP contribution is 2.27. The van der Waals surface area contributed by atoms with Crippen molar-refractivity contribution >= 4 is 40.7 Å². The van der Waals surface area contributed by atoms with Crippen LogP contribution in [0.2, 0.25) is 0 Å². The summed E-state index contributed by atoms with van der Waals surface area (Å²) in [5, 5.41) is 5.60. The second kappa shape index (κ2) is 11.7. The van der Waals surface area contributed by atoms with Gasteiger partial charge in [0.25, 0.3) is 17.7 Å². The third-order valence-electron chi connectivity index (χ3n) is 6.07. The summed E-state index contributed by atoms with van der Waals surface area (Å²) in [5.74, 6) is -0.659. The van der Waals surface area contributed by atoms with Crippen molar-refractivity contribution in [2.24, 2.45) is 0 Å². The fourth-order valence-corrected chi connectivity index (χ4v) is 4.22. The first kappa shape index (κ1) is 25.8. The van der Waals surface area contributed by atoms with E-state index in [0.29, 0.717) is 29.3 Å². The van der Waals surface area contributed by atoms with Gasteiger partial charge < -0.3 is 15.4 Å². The molecule has 39 heavy (non-hydrogen) atoms. The van der Waals surface area contributed by atoms with Crippen molar-refractivity contribution < 1.29 is 19.1 Å². The van der Waals surface area contributed by atoms with Crippen molar-refractivity contribution in [3.63, 3.8) is 0 Å². The van der Waals surface area contributed by atoms with Crippen LogP contribution in [0.3, 0.4) is 0 Å². The Morgan fingerprint density at radius 3 is 1.95 bits per heavy atom. The molecule has 0 unspecified atom stereocenters. The van der Waals surface area contributed by atoms with Gasteiger partial charge in [-0.15, -0.1) is 0 Å². The molecule has 0 bridgehead atoms. The SMILES string of the molecule is O=C(Nc1ccc(OCc2ccccc2)cc1)c1ccc(NC2=C(Cl)C(=O)N(Cc3ccccc3)C2=O)cc1. The molecule has 5 rings (SSSR count). The molecule has 194 valence electrons. The quantitative estimate of drug-likeness (QED) is 0.258. The number of ether oxygens (including phenoxy) is 1. The molecule has 3 amide bonds. The minimum atomic E-state index is -0.555. The Morgan fingerprint density at radius 1 is 0.718 bits per heavy atom. The third-order valence-corrected chi connectivity index (χ3v) is 6.42. The number of nitrogens with one attached hydrogen (secondary N) is 2. The number of benzene rings is 4. The Kier molecular flexibility index (Phi) is 7.70. The number of carbonyl (C=O) groups is 3. The molecule has 1 aliphatic rings. The molecule has 4 aromatic carbocycles. The van der Waals surface area contributed by atoms with Gasteiger partial charge in [-0.05, 0) is 59.7 Å². The van der Waals surface area contributed by atoms with Crippen molar-refractivity contribution in [3.8, 4) is 5.75 Å². The van der Waals surface area contributed by atoms with Crippen LogP contribution in [-0.2, 0) is 22.7 Å². The molecule has 0 spiro atoms. The highest BCUT2D eigenvalue weighted by atomic mass is 35.5. The van der Waals surface area contributed by atoms with Crippen molar-refractivity contribution in [1.29, 1.82) is 0 Å². The molecule has 0 atom stereocenters. The summed E-state index contributed by atoms with van der Waals surface area (Å²) >= 11 is 6.20. The van der Waals surface area contributed by atoms with Crippen LogP contribution in [0.1, 0.15) is 21.5 Å². The van der Waals surface area contributed by atoms with Crippen molar-refractivity contribution in [2.45, 2.75) is 13.2 Å². The largest absolute Gasteiger partial charge is 0.489 e. The van der Waals surface area contributed by atoms with Gasteiger partial charge in [0.15, 0.2) is 0 Å². The van der Waals surface area contributed by atoms with Gasteiger partial charge in [0.2, 0.25) is 0 Å². The van der Waals surface area contributed by atoms with E-state index in [2.05, 4.69) is 10.6 Å². The normalized spacial score (nSPS) is 13.0. The number of anilines is 2. The van der Waals surface area contributed by atoms with Crippen LogP contribution < -0.4 is 15.4 Å². The lowest BCUT2D eigenvalue weighted by atomic mass is 10.2. The molecule has 7 nitrogen and oxygen atoms in total. The van der Waals surface area contributed by atoms with Gasteiger partial charge in [0.05, 0.1) is 6.54 Å². The van der Waals surface area contributed by atoms with Crippen LogP contribution in [-0.4, -0.2) is 22.6 Å². The van der Waals surface area contributed by atoms with Crippen LogP contribution in [0.5, 0.6) is 5.75 Å². The van der Waals surface area contributed by atoms with Gasteiger partial charge in [-0.25, -0.2) is 0 Å². The highest BCUT2D eigenvalue weighted by Gasteiger charge is 2.37. The number of halogens is 1. The molecule has 2 N–H and O–H groups in total. The number of amides is 3. The first-order chi connectivity index (χ1) is 19.0. The van der Waals surface area contributed by atoms with E-state index < -0.39 is 11.8 Å². The fourth-order valence-electron chi connectivity index (χ4n) is 3.99. The topological polar surface area (TPSA) is 87.7 Å². The van der Waals surface area contributed by atoms with E-state index in [-0.39, 0.29) is 23.2 Å². The number of imide groups is 1. The Balaban J connectivity index is 1.17. The molecular formula is C31H24ClN3O4. The van der Waals surface area contributed by atoms with Crippen LogP contribution in [0.4, 0.5) is 11.4 Å². The van der Waals surface area contributed by atoms with Crippen LogP contribution in [0.25, 0.3) is 0 Å². The van der Waals surface area contributed by atoms with E-state index in [1.54, 1.807) is 48.5 Å². The highest BCUT2D eigenvalue weighted by molar-refractivity contribution is 6.48. The average molecular weight is 538 g/mol. The van der Waals surface area contributed by atoms with E-state index in [9.17, 15) is 14.4 Å². The first-order valence-corrected chi connectivity index (χ1v) is 12.6. The zero-order valence-electron chi connectivity index (χ0n) is 20.8. The van der Waals surface area contributed by atoms with E-state index in [1.165, 1.54) is 0 Å². The second-order valence-electron chi connectivity index (χ2n) is 8.83. The predicted octanol–water partition coefficient (Wildman–Crippen LogP) is 5.95. The van der Waals surface area contributed by atoms with E-state index in [4.69, 9.17) is 16.3 Å². The Hall–Kier alpha value is -4.88. The van der Waals surface area contributed by atoms with Crippen molar-refractivity contribution in [2.75, 3.05) is 10.6 Å². The van der Waals surface area contributed by atoms with Gasteiger partial charge in [0, 0.05) is 16.9 Å². The van der Waals surface area contributed by atoms with Crippen LogP contribution >= 0.6 is 11.6 Å². The molecule has 0 saturated heterocycles. The summed E-state index contributed by atoms with van der Waals surface area (Å²) in [5.41, 5.74) is 3.45. The summed E-state index contributed by atoms with van der Waals surface area (Å²) in [6, 6.07) is 32.7. The number of hydrogen-bond acceptors (Lipinski definition) is 5. The van der Waals surface area contributed by atoms with E-state index in [0.717, 1.165) is 16.0 Å². The lowest BCUT2D eigenvalue weighted by molar-refractivity contribution is -0.138. The molecule has 0 radical (unpaired) electrons. The lowest BCUT2D eigenvalue weighted by Crippen LogP contribution is -2.31. The average Bonchev–Trinajstić information content (AvgIpc) is 3.17. The summed E-state index contributed by atoms with van der Waals surface area (Å²) in [4.78, 5) is 39.3. The third kappa shape index (κ3) is 6.17. The monoisotopic (exact) mass is 537 g/mol. The second-order valence-corrected chi connectivity index (χ2v) is 9.20. The molecule has 1 aliphatic heterocycles. The number of hydrogen-bond donors (Lipinski definition) is 2. The standard InChI is InChI=1S/C31H24ClN3O4/c32-27-28(31(38)35(30(27)37)19-21-7-3-1-4-8-21)33-24-13-11-23(12-14-24)29(36)34-25-15-17-26(18-16-25)39-20-22-9-5-2-6-10-22/h1-18,33H,19-20H2,(H,34,36). The fraction of sp³-hybridized carbons (Fsp3) is 0.0645. The summed E-state index contributed by atoms with van der Waals surface area (Å²) in [6.07, 6.45) is 0. The lowest BCUT2D eigenvalue weighted by Gasteiger charge is -2.15. The number of nitrogens with zero attached hydrogens (tertiary/aromatic N) is 1. The van der Waals surface area contributed by atoms with Crippen molar-refractivity contribution in [1.82, 2.24) is 4.90 Å².